The van der Waals surface area contributed by atoms with E-state index >= 15 is 0 Å². The maximum atomic E-state index is 14.8. The van der Waals surface area contributed by atoms with E-state index in [1.165, 1.54) is 16.3 Å². The molecule has 0 unspecified atom stereocenters. The molecule has 3 fully saturated rings. The van der Waals surface area contributed by atoms with Crippen LogP contribution in [-0.2, 0) is 38.1 Å². The number of carbonyl (C=O) groups is 4. The summed E-state index contributed by atoms with van der Waals surface area (Å²) in [4.78, 5) is 70.9. The van der Waals surface area contributed by atoms with Crippen molar-refractivity contribution in [1.29, 1.82) is 0 Å². The zero-order valence-electron chi connectivity index (χ0n) is 36.9. The van der Waals surface area contributed by atoms with Crippen molar-refractivity contribution in [2.75, 3.05) is 38.3 Å². The molecular weight excluding hydrogens is 1040 g/mol. The van der Waals surface area contributed by atoms with Gasteiger partial charge in [0.25, 0.3) is 0 Å². The van der Waals surface area contributed by atoms with Gasteiger partial charge in [0.05, 0.1) is 0 Å². The van der Waals surface area contributed by atoms with Gasteiger partial charge in [-0.3, -0.25) is 0 Å². The first kappa shape index (κ1) is 45.3. The third-order valence-electron chi connectivity index (χ3n) is 12.8. The van der Waals surface area contributed by atoms with E-state index in [1.54, 1.807) is 13.3 Å². The molecule has 62 heavy (non-hydrogen) atoms. The first-order chi connectivity index (χ1) is 29.6. The Morgan fingerprint density at radius 2 is 1.95 bits per heavy atom. The van der Waals surface area contributed by atoms with Gasteiger partial charge in [0.15, 0.2) is 0 Å². The number of amides is 3. The van der Waals surface area contributed by atoms with Gasteiger partial charge in [-0.2, -0.15) is 0 Å². The van der Waals surface area contributed by atoms with Crippen molar-refractivity contribution < 1.29 is 53.2 Å². The van der Waals surface area contributed by atoms with E-state index in [0.29, 0.717) is 42.0 Å². The number of pyridine rings is 1. The van der Waals surface area contributed by atoms with E-state index in [0.717, 1.165) is 51.1 Å². The van der Waals surface area contributed by atoms with E-state index in [4.69, 9.17) is 22.5 Å². The SMILES string of the molecule is CCOI1c2nc(cs2)-c2ccc3c(c2)c(c(-c2cccnc2[C@H](C)OC)n3[I-]C)CC(C)(C)COC(=O)[C@@H]2CCCN(N2)C(=O)[C@H]1NC(=O)[C@@H]1[C@@H](C)[C@H]1C(=O)N1CCC1(C)C. The van der Waals surface area contributed by atoms with Crippen LogP contribution in [0.15, 0.2) is 41.9 Å². The second kappa shape index (κ2) is 18.0. The fourth-order valence-corrected chi connectivity index (χ4v) is 17.4. The van der Waals surface area contributed by atoms with Crippen LogP contribution in [0.1, 0.15) is 85.1 Å². The average Bonchev–Trinajstić information content (AvgIpc) is 3.54. The number of ether oxygens (including phenoxy) is 2. The van der Waals surface area contributed by atoms with E-state index in [2.05, 4.69) is 56.6 Å². The summed E-state index contributed by atoms with van der Waals surface area (Å²) >= 11 is -2.19. The Morgan fingerprint density at radius 1 is 1.16 bits per heavy atom. The Balaban J connectivity index is 1.22. The van der Waals surface area contributed by atoms with E-state index in [9.17, 15) is 19.2 Å². The Bertz CT molecular complexity index is 2380. The van der Waals surface area contributed by atoms with Crippen molar-refractivity contribution in [2.45, 2.75) is 95.9 Å². The number of nitrogens with one attached hydrogen (secondary N) is 2. The number of methoxy groups -OCH3 is 1. The summed E-state index contributed by atoms with van der Waals surface area (Å²) in [7, 11) is 1.70. The third kappa shape index (κ3) is 8.54. The standard InChI is InChI=1S/C45H58I2N7O7S/c1-10-61-47-38(50-39(55)34-25(2)35(34)40(56)52-20-17-45(52,6)7)41(57)53-19-12-14-31(51-53)42(58)60-24-44(4,5)22-30-29-21-27(32-23-62-43(47)49-32)15-16-33(29)54(46-8)37(30)28-13-11-18-48-36(28)26(3)59-9/h11,13,15-16,18,21,23,25-26,31,34-35,38,51H,10,12,14,17,19-20,22,24H2,1-9H3,(H,50,55)/q-1/t25-,26+,31+,34-,35-,38-/m1/s1. The van der Waals surface area contributed by atoms with E-state index < -0.39 is 75.0 Å². The number of fused-ring (bicyclic) bond motifs is 6. The first-order valence-electron chi connectivity index (χ1n) is 21.4. The average molecular weight is 1090 g/mol. The number of hydrazine groups is 1. The topological polar surface area (TPSA) is 157 Å². The third-order valence-corrected chi connectivity index (χ3v) is 21.6. The van der Waals surface area contributed by atoms with Crippen molar-refractivity contribution >= 4 is 66.2 Å². The number of carbonyl (C=O) groups excluding carboxylic acids is 4. The first-order valence-corrected chi connectivity index (χ1v) is 28.6. The molecule has 2 N–H and O–H groups in total. The number of hydrogen-bond donors (Lipinski definition) is 2. The Morgan fingerprint density at radius 3 is 2.65 bits per heavy atom. The molecule has 1 aliphatic carbocycles. The number of hydrogen-bond acceptors (Lipinski definition) is 11. The predicted octanol–water partition coefficient (Wildman–Crippen LogP) is 3.60. The summed E-state index contributed by atoms with van der Waals surface area (Å²) in [6, 6.07) is 9.81. The van der Waals surface area contributed by atoms with Crippen LogP contribution in [0.3, 0.4) is 0 Å². The molecule has 3 aromatic heterocycles. The summed E-state index contributed by atoms with van der Waals surface area (Å²) in [6.45, 7) is 15.6. The fourth-order valence-electron chi connectivity index (χ4n) is 9.01. The fraction of sp³-hybridized carbons (Fsp3) is 0.556. The minimum atomic E-state index is -3.14. The minimum absolute atomic E-state index is 0.00862. The van der Waals surface area contributed by atoms with Gasteiger partial charge in [-0.1, -0.05) is 0 Å². The summed E-state index contributed by atoms with van der Waals surface area (Å²) in [5.41, 5.74) is 9.37. The van der Waals surface area contributed by atoms with E-state index in [-0.39, 0.29) is 41.9 Å². The van der Waals surface area contributed by atoms with Gasteiger partial charge in [-0.25, -0.2) is 0 Å². The molecule has 17 heteroatoms. The van der Waals surface area contributed by atoms with Crippen LogP contribution in [-0.4, -0.2) is 100 Å². The second-order valence-corrected chi connectivity index (χ2v) is 26.1. The molecular formula is C45H58I2N7O7S-. The number of likely N-dealkylation sites (tertiary alicyclic amines) is 1. The summed E-state index contributed by atoms with van der Waals surface area (Å²) < 4.78 is 20.6. The van der Waals surface area contributed by atoms with Gasteiger partial charge in [-0.15, -0.1) is 0 Å². The van der Waals surface area contributed by atoms with Crippen LogP contribution in [0.2, 0.25) is 0 Å². The molecule has 6 bridgehead atoms. The van der Waals surface area contributed by atoms with Crippen LogP contribution < -0.4 is 32.2 Å². The molecule has 336 valence electrons. The van der Waals surface area contributed by atoms with Gasteiger partial charge in [-0.05, 0) is 0 Å². The van der Waals surface area contributed by atoms with Crippen LogP contribution in [0.25, 0.3) is 33.4 Å². The van der Waals surface area contributed by atoms with Crippen LogP contribution in [0.4, 0.5) is 0 Å². The molecule has 6 heterocycles. The van der Waals surface area contributed by atoms with Crippen molar-refractivity contribution in [2.24, 2.45) is 23.2 Å². The van der Waals surface area contributed by atoms with Gasteiger partial charge < -0.3 is 0 Å². The van der Waals surface area contributed by atoms with Gasteiger partial charge >= 0.3 is 389 Å². The maximum absolute atomic E-state index is 14.8. The van der Waals surface area contributed by atoms with Crippen molar-refractivity contribution in [3.63, 3.8) is 0 Å². The van der Waals surface area contributed by atoms with Crippen LogP contribution in [0.5, 0.6) is 0 Å². The molecule has 0 radical (unpaired) electrons. The summed E-state index contributed by atoms with van der Waals surface area (Å²) in [6.07, 6.45) is 4.14. The molecule has 2 saturated heterocycles. The Labute approximate surface area is 386 Å². The molecule has 8 rings (SSSR count). The molecule has 6 atom stereocenters. The predicted molar refractivity (Wildman–Crippen MR) is 242 cm³/mol. The Kier molecular flexibility index (Phi) is 13.1. The van der Waals surface area contributed by atoms with Crippen LogP contribution >= 0.6 is 31.6 Å². The molecule has 3 amide bonds. The number of cyclic esters (lactones) is 1. The summed E-state index contributed by atoms with van der Waals surface area (Å²) in [5, 5.41) is 7.69. The molecule has 0 spiro atoms. The molecule has 3 aliphatic heterocycles. The number of thiazole rings is 1. The number of esters is 1. The number of rotatable bonds is 9. The Hall–Kier alpha value is -3.24. The van der Waals surface area contributed by atoms with Gasteiger partial charge in [0, 0.05) is 0 Å². The second-order valence-electron chi connectivity index (χ2n) is 18.1. The zero-order valence-corrected chi connectivity index (χ0v) is 42.1. The molecule has 4 aromatic rings. The number of benzene rings is 1. The normalized spacial score (nSPS) is 25.8. The van der Waals surface area contributed by atoms with Crippen molar-refractivity contribution in [3.8, 4) is 22.5 Å². The number of alkyl halides is 2. The zero-order chi connectivity index (χ0) is 44.2. The summed E-state index contributed by atoms with van der Waals surface area (Å²) in [5.74, 6) is -2.33. The van der Waals surface area contributed by atoms with E-state index in [1.807, 2.05) is 51.0 Å². The van der Waals surface area contributed by atoms with Gasteiger partial charge in [0.2, 0.25) is 0 Å². The molecule has 1 aromatic carbocycles. The quantitative estimate of drug-likeness (QED) is 0.110. The molecule has 1 saturated carbocycles. The number of nitrogens with zero attached hydrogens (tertiary/aromatic N) is 5. The van der Waals surface area contributed by atoms with Crippen molar-refractivity contribution in [1.82, 2.24) is 33.4 Å². The number of halogens is 2. The van der Waals surface area contributed by atoms with Gasteiger partial charge in [0.1, 0.15) is 0 Å². The van der Waals surface area contributed by atoms with Crippen LogP contribution in [0, 0.1) is 26.2 Å². The molecule has 4 aliphatic rings. The molecule has 14 nitrogen and oxygen atoms in total. The monoisotopic (exact) mass is 1090 g/mol. The van der Waals surface area contributed by atoms with Crippen molar-refractivity contribution in [3.05, 3.63) is 56.2 Å². The number of aromatic nitrogens is 3.